The maximum atomic E-state index is 8.59. The van der Waals surface area contributed by atoms with E-state index in [2.05, 4.69) is 128 Å². The fourth-order valence-corrected chi connectivity index (χ4v) is 9.65. The van der Waals surface area contributed by atoms with Crippen molar-refractivity contribution < 1.29 is 31.4 Å². The fraction of sp³-hybridized carbons (Fsp3) is 0.207. The van der Waals surface area contributed by atoms with E-state index < -0.39 is 21.3 Å². The number of benzene rings is 5. The molecule has 0 spiro atoms. The first-order valence-electron chi connectivity index (χ1n) is 24.6. The van der Waals surface area contributed by atoms with Crippen LogP contribution in [0.4, 0.5) is 0 Å². The van der Waals surface area contributed by atoms with Crippen LogP contribution in [0.3, 0.4) is 0 Å². The van der Waals surface area contributed by atoms with Crippen molar-refractivity contribution in [2.45, 2.75) is 72.9 Å². The number of pyridine rings is 3. The second-order valence-corrected chi connectivity index (χ2v) is 23.8. The van der Waals surface area contributed by atoms with E-state index in [1.807, 2.05) is 74.6 Å². The van der Waals surface area contributed by atoms with Gasteiger partial charge in [0.05, 0.1) is 42.4 Å². The summed E-state index contributed by atoms with van der Waals surface area (Å²) in [5.41, 5.74) is 12.4. The van der Waals surface area contributed by atoms with Gasteiger partial charge in [-0.2, -0.15) is 0 Å². The zero-order valence-electron chi connectivity index (χ0n) is 43.5. The Morgan fingerprint density at radius 3 is 2.21 bits per heavy atom. The molecule has 0 bridgehead atoms. The first-order valence-corrected chi connectivity index (χ1v) is 25.6. The number of nitrogens with zero attached hydrogens (tertiary/aromatic N) is 5. The van der Waals surface area contributed by atoms with Crippen molar-refractivity contribution in [1.29, 1.82) is 0 Å². The summed E-state index contributed by atoms with van der Waals surface area (Å²) in [5.74, 6) is 0.577. The molecule has 0 fully saturated rings. The Balaban J connectivity index is 0.000000216. The van der Waals surface area contributed by atoms with Crippen molar-refractivity contribution >= 4 is 46.4 Å². The first-order chi connectivity index (χ1) is 33.2. The quantitative estimate of drug-likeness (QED) is 0.112. The van der Waals surface area contributed by atoms with Crippen molar-refractivity contribution in [3.05, 3.63) is 181 Å². The molecule has 5 aromatic heterocycles. The molecule has 0 amide bonds. The van der Waals surface area contributed by atoms with Crippen molar-refractivity contribution in [3.8, 4) is 50.7 Å². The Labute approximate surface area is 410 Å². The van der Waals surface area contributed by atoms with Crippen LogP contribution in [0.2, 0.25) is 19.6 Å². The van der Waals surface area contributed by atoms with Gasteiger partial charge in [0.15, 0.2) is 0 Å². The van der Waals surface area contributed by atoms with Gasteiger partial charge in [-0.1, -0.05) is 150 Å². The van der Waals surface area contributed by atoms with E-state index in [9.17, 15) is 0 Å². The minimum Gasteiger partial charge on any atom is -0.486 e. The van der Waals surface area contributed by atoms with Gasteiger partial charge in [-0.3, -0.25) is 9.97 Å². The summed E-state index contributed by atoms with van der Waals surface area (Å²) in [5, 5.41) is 2.95. The Bertz CT molecular complexity index is 3510. The third-order valence-electron chi connectivity index (χ3n) is 11.4. The molecule has 0 N–H and O–H groups in total. The van der Waals surface area contributed by atoms with Gasteiger partial charge >= 0.3 is 0 Å². The molecule has 5 heterocycles. The van der Waals surface area contributed by atoms with E-state index in [1.54, 1.807) is 24.5 Å². The molecule has 0 atom stereocenters. The normalized spacial score (nSPS) is 13.3. The molecule has 0 unspecified atom stereocenters. The number of hydrogen-bond acceptors (Lipinski definition) is 5. The molecular weight excluding hydrogens is 1000 g/mol. The number of rotatable bonds is 8. The Morgan fingerprint density at radius 2 is 1.53 bits per heavy atom. The van der Waals surface area contributed by atoms with Crippen molar-refractivity contribution in [1.82, 2.24) is 24.5 Å². The third kappa shape index (κ3) is 9.50. The minimum atomic E-state index is -2.16. The third-order valence-corrected chi connectivity index (χ3v) is 13.5. The van der Waals surface area contributed by atoms with Crippen LogP contribution in [-0.4, -0.2) is 32.6 Å². The van der Waals surface area contributed by atoms with E-state index in [0.717, 1.165) is 55.3 Å². The molecule has 6 nitrogen and oxygen atoms in total. The molecule has 0 aliphatic rings. The number of aryl methyl sites for hydroxylation is 1. The molecule has 66 heavy (non-hydrogen) atoms. The van der Waals surface area contributed by atoms with Crippen LogP contribution >= 0.6 is 0 Å². The summed E-state index contributed by atoms with van der Waals surface area (Å²) in [6.07, 6.45) is 4.00. The summed E-state index contributed by atoms with van der Waals surface area (Å²) in [6.45, 7) is 14.9. The second-order valence-electron chi connectivity index (χ2n) is 18.8. The molecule has 5 aromatic carbocycles. The monoisotopic (exact) mass is 1060 g/mol. The zero-order valence-corrected chi connectivity index (χ0v) is 41.9. The predicted molar refractivity (Wildman–Crippen MR) is 273 cm³/mol. The molecule has 0 aliphatic carbocycles. The molecule has 1 radical (unpaired) electrons. The smallest absolute Gasteiger partial charge is 0.216 e. The summed E-state index contributed by atoms with van der Waals surface area (Å²) >= 11 is 0. The summed E-state index contributed by atoms with van der Waals surface area (Å²) < 4.78 is 48.3. The Kier molecular flexibility index (Phi) is 11.4. The van der Waals surface area contributed by atoms with Gasteiger partial charge in [-0.05, 0) is 75.6 Å². The standard InChI is InChI=1S/C39H29N4O.C19H26NSi.Ir/c1-39(2,3)31-23-27(25-11-6-4-7-12-25)17-20-34(31)43-35-24-40-22-21-33(35)41-37(43)30-16-10-15-28-29-18-19-32(26-13-8-5-9-14-26)42-38(29)44-36(28)30;1-14(2)11-17-12-18(16-9-7-15(3)8-10-16)20-13-19(17)21(4,5)6;/h4-15,17-24H,1-3H3;7-9,12-14H,11H2,1-6H3;/q2*-1;/i;3D3,11D2;. The van der Waals surface area contributed by atoms with Crippen LogP contribution in [0.1, 0.15) is 58.2 Å². The maximum Gasteiger partial charge on any atom is 0.216 e. The van der Waals surface area contributed by atoms with E-state index >= 15 is 0 Å². The van der Waals surface area contributed by atoms with Crippen LogP contribution in [0.5, 0.6) is 0 Å². The van der Waals surface area contributed by atoms with Crippen molar-refractivity contribution in [3.63, 3.8) is 0 Å². The van der Waals surface area contributed by atoms with Gasteiger partial charge < -0.3 is 14.0 Å². The number of fused-ring (bicyclic) bond motifs is 4. The molecule has 10 rings (SSSR count). The first kappa shape index (κ1) is 40.0. The van der Waals surface area contributed by atoms with Crippen LogP contribution in [0.25, 0.3) is 83.8 Å². The number of aromatic nitrogens is 5. The number of furan rings is 1. The van der Waals surface area contributed by atoms with Crippen LogP contribution in [0.15, 0.2) is 156 Å². The topological polar surface area (TPSA) is 69.6 Å². The zero-order chi connectivity index (χ0) is 49.8. The Hall–Kier alpha value is -6.31. The van der Waals surface area contributed by atoms with E-state index in [4.69, 9.17) is 21.2 Å². The van der Waals surface area contributed by atoms with E-state index in [-0.39, 0.29) is 37.0 Å². The average molecular weight is 1060 g/mol. The predicted octanol–water partition coefficient (Wildman–Crippen LogP) is 14.4. The molecule has 333 valence electrons. The van der Waals surface area contributed by atoms with Crippen molar-refractivity contribution in [2.75, 3.05) is 0 Å². The van der Waals surface area contributed by atoms with Gasteiger partial charge in [0.2, 0.25) is 5.71 Å². The van der Waals surface area contributed by atoms with Gasteiger partial charge in [0.1, 0.15) is 0 Å². The van der Waals surface area contributed by atoms with Gasteiger partial charge in [0.25, 0.3) is 0 Å². The molecule has 8 heteroatoms. The number of hydrogen-bond donors (Lipinski definition) is 0. The summed E-state index contributed by atoms with van der Waals surface area (Å²) in [7, 11) is -1.78. The van der Waals surface area contributed by atoms with Crippen LogP contribution in [0, 0.1) is 24.9 Å². The molecule has 10 aromatic rings. The number of imidazole rings is 1. The summed E-state index contributed by atoms with van der Waals surface area (Å²) in [6, 6.07) is 50.4. The van der Waals surface area contributed by atoms with Gasteiger partial charge in [0, 0.05) is 56.0 Å². The fourth-order valence-electron chi connectivity index (χ4n) is 8.25. The Morgan fingerprint density at radius 1 is 0.773 bits per heavy atom. The maximum absolute atomic E-state index is 8.59. The largest absolute Gasteiger partial charge is 0.486 e. The second kappa shape index (κ2) is 18.9. The summed E-state index contributed by atoms with van der Waals surface area (Å²) in [4.78, 5) is 19.1. The molecule has 0 saturated heterocycles. The van der Waals surface area contributed by atoms with E-state index in [1.165, 1.54) is 22.8 Å². The van der Waals surface area contributed by atoms with Gasteiger partial charge in [-0.15, -0.1) is 53.6 Å². The average Bonchev–Trinajstić information content (AvgIpc) is 3.92. The van der Waals surface area contributed by atoms with E-state index in [0.29, 0.717) is 28.1 Å². The molecule has 0 saturated carbocycles. The van der Waals surface area contributed by atoms with Crippen LogP contribution < -0.4 is 5.19 Å². The van der Waals surface area contributed by atoms with Crippen molar-refractivity contribution in [2.24, 2.45) is 5.92 Å². The molecule has 0 aliphatic heterocycles. The van der Waals surface area contributed by atoms with Gasteiger partial charge in [-0.25, -0.2) is 4.98 Å². The van der Waals surface area contributed by atoms with Crippen LogP contribution in [-0.2, 0) is 31.9 Å². The SMILES string of the molecule is CC(C)(C)c1cc(-c2ccccc2)ccc1-n1c(-c2[c-]ccc3c2oc2nc(-c4ccccc4)ccc23)nc2ccncc21.[2H]C([2H])([2H])c1c[c-]c(-c2cc(C([2H])([2H])C(C)C)c([Si](C)(C)C)cn2)cc1.[Ir]. The molecular formula is C58H55IrN5OSi-2. The minimum absolute atomic E-state index is 0.